The highest BCUT2D eigenvalue weighted by Crippen LogP contribution is 2.34. The Bertz CT molecular complexity index is 736. The first-order chi connectivity index (χ1) is 13.0. The number of nitrogens with zero attached hydrogens (tertiary/aromatic N) is 1. The molecule has 3 rings (SSSR count). The molecule has 0 spiro atoms. The summed E-state index contributed by atoms with van der Waals surface area (Å²) in [5.74, 6) is -0.514. The van der Waals surface area contributed by atoms with Gasteiger partial charge in [-0.25, -0.2) is 0 Å². The average Bonchev–Trinajstić information content (AvgIpc) is 2.72. The number of rotatable bonds is 5. The van der Waals surface area contributed by atoms with Crippen molar-refractivity contribution in [1.82, 2.24) is 4.90 Å². The largest absolute Gasteiger partial charge is 0.393 e. The second-order valence-electron chi connectivity index (χ2n) is 7.44. The molecule has 27 heavy (non-hydrogen) atoms. The molecule has 2 amide bonds. The van der Waals surface area contributed by atoms with Gasteiger partial charge in [0.2, 0.25) is 5.91 Å². The molecule has 6 heteroatoms. The summed E-state index contributed by atoms with van der Waals surface area (Å²) in [5.41, 5.74) is 9.48. The van der Waals surface area contributed by atoms with Crippen LogP contribution in [0.15, 0.2) is 24.3 Å². The molecule has 1 heterocycles. The van der Waals surface area contributed by atoms with Gasteiger partial charge in [0.25, 0.3) is 5.91 Å². The van der Waals surface area contributed by atoms with E-state index in [2.05, 4.69) is 12.1 Å². The van der Waals surface area contributed by atoms with E-state index in [-0.39, 0.29) is 0 Å². The van der Waals surface area contributed by atoms with Gasteiger partial charge in [-0.2, -0.15) is 0 Å². The third-order valence-electron chi connectivity index (χ3n) is 5.68. The first-order valence-corrected chi connectivity index (χ1v) is 9.72. The van der Waals surface area contributed by atoms with Crippen molar-refractivity contribution in [1.29, 1.82) is 0 Å². The molecule has 0 radical (unpaired) electrons. The topological polar surface area (TPSA) is 104 Å². The number of piperidine rings is 1. The first kappa shape index (κ1) is 19.6. The van der Waals surface area contributed by atoms with E-state index in [1.54, 1.807) is 4.90 Å². The molecule has 4 N–H and O–H groups in total. The highest BCUT2D eigenvalue weighted by molar-refractivity contribution is 5.98. The van der Waals surface area contributed by atoms with Crippen LogP contribution in [0.4, 0.5) is 0 Å². The Balaban J connectivity index is 1.77. The normalized spacial score (nSPS) is 19.5. The number of benzene rings is 1. The second kappa shape index (κ2) is 8.67. The quantitative estimate of drug-likeness (QED) is 0.733. The zero-order valence-corrected chi connectivity index (χ0v) is 15.6. The molecule has 0 bridgehead atoms. The Morgan fingerprint density at radius 3 is 2.56 bits per heavy atom. The van der Waals surface area contributed by atoms with E-state index in [1.165, 1.54) is 12.0 Å². The molecule has 2 aliphatic rings. The third kappa shape index (κ3) is 4.39. The summed E-state index contributed by atoms with van der Waals surface area (Å²) in [6.45, 7) is 0.554. The summed E-state index contributed by atoms with van der Waals surface area (Å²) in [5, 5.41) is 18.5. The van der Waals surface area contributed by atoms with E-state index >= 15 is 0 Å². The zero-order valence-electron chi connectivity index (χ0n) is 15.6. The summed E-state index contributed by atoms with van der Waals surface area (Å²) in [6, 6.07) is 5.90. The van der Waals surface area contributed by atoms with Crippen molar-refractivity contribution in [2.45, 2.75) is 50.5 Å². The number of hydrogen-bond acceptors (Lipinski definition) is 4. The van der Waals surface area contributed by atoms with Gasteiger partial charge in [-0.3, -0.25) is 9.59 Å². The number of allylic oxidation sites excluding steroid dienone is 2. The van der Waals surface area contributed by atoms with Crippen LogP contribution in [0.3, 0.4) is 0 Å². The molecule has 1 fully saturated rings. The van der Waals surface area contributed by atoms with Gasteiger partial charge in [0.15, 0.2) is 6.10 Å². The maximum Gasteiger partial charge on any atom is 0.253 e. The molecule has 6 nitrogen and oxygen atoms in total. The summed E-state index contributed by atoms with van der Waals surface area (Å²) >= 11 is 0. The van der Waals surface area contributed by atoms with E-state index in [9.17, 15) is 14.7 Å². The van der Waals surface area contributed by atoms with Crippen LogP contribution in [0.1, 0.15) is 65.9 Å². The SMILES string of the molecule is NC(=O)c1ccc(C2CCN(C(=O)[C@H](O)CO)CC2)cc1C1=CCCCC1. The van der Waals surface area contributed by atoms with E-state index in [0.717, 1.165) is 43.2 Å². The van der Waals surface area contributed by atoms with Gasteiger partial charge in [0, 0.05) is 18.7 Å². The zero-order chi connectivity index (χ0) is 19.4. The molecule has 0 aromatic heterocycles. The Morgan fingerprint density at radius 1 is 1.22 bits per heavy atom. The lowest BCUT2D eigenvalue weighted by atomic mass is 9.84. The minimum absolute atomic E-state index is 0.296. The third-order valence-corrected chi connectivity index (χ3v) is 5.68. The van der Waals surface area contributed by atoms with Gasteiger partial charge in [0.05, 0.1) is 6.61 Å². The van der Waals surface area contributed by atoms with Gasteiger partial charge in [-0.15, -0.1) is 0 Å². The van der Waals surface area contributed by atoms with Crippen molar-refractivity contribution in [2.75, 3.05) is 19.7 Å². The maximum absolute atomic E-state index is 12.0. The van der Waals surface area contributed by atoms with Crippen molar-refractivity contribution in [3.05, 3.63) is 41.0 Å². The highest BCUT2D eigenvalue weighted by atomic mass is 16.3. The minimum Gasteiger partial charge on any atom is -0.393 e. The number of carbonyl (C=O) groups is 2. The van der Waals surface area contributed by atoms with Gasteiger partial charge >= 0.3 is 0 Å². The van der Waals surface area contributed by atoms with Crippen molar-refractivity contribution >= 4 is 17.4 Å². The van der Waals surface area contributed by atoms with Gasteiger partial charge in [0.1, 0.15) is 0 Å². The van der Waals surface area contributed by atoms with Gasteiger partial charge in [-0.1, -0.05) is 18.2 Å². The lowest BCUT2D eigenvalue weighted by Crippen LogP contribution is -2.44. The summed E-state index contributed by atoms with van der Waals surface area (Å²) in [7, 11) is 0. The molecule has 1 saturated heterocycles. The molecule has 1 atom stereocenters. The smallest absolute Gasteiger partial charge is 0.253 e. The molecule has 0 unspecified atom stereocenters. The predicted octanol–water partition coefficient (Wildman–Crippen LogP) is 1.80. The molecule has 1 aliphatic carbocycles. The van der Waals surface area contributed by atoms with E-state index in [1.807, 2.05) is 12.1 Å². The Labute approximate surface area is 159 Å². The minimum atomic E-state index is -1.33. The van der Waals surface area contributed by atoms with Crippen LogP contribution >= 0.6 is 0 Å². The fourth-order valence-corrected chi connectivity index (χ4v) is 4.10. The number of amides is 2. The van der Waals surface area contributed by atoms with Gasteiger partial charge < -0.3 is 20.8 Å². The number of hydrogen-bond donors (Lipinski definition) is 3. The van der Waals surface area contributed by atoms with Crippen molar-refractivity contribution in [3.63, 3.8) is 0 Å². The molecule has 1 aliphatic heterocycles. The highest BCUT2D eigenvalue weighted by Gasteiger charge is 2.28. The van der Waals surface area contributed by atoms with Gasteiger partial charge in [-0.05, 0) is 67.2 Å². The summed E-state index contributed by atoms with van der Waals surface area (Å²) in [6.07, 6.45) is 6.77. The number of nitrogens with two attached hydrogens (primary N) is 1. The van der Waals surface area contributed by atoms with Crippen molar-refractivity contribution in [3.8, 4) is 0 Å². The van der Waals surface area contributed by atoms with E-state index in [4.69, 9.17) is 10.8 Å². The van der Waals surface area contributed by atoms with Crippen LogP contribution in [-0.2, 0) is 4.79 Å². The number of likely N-dealkylation sites (tertiary alicyclic amines) is 1. The number of aliphatic hydroxyl groups excluding tert-OH is 2. The van der Waals surface area contributed by atoms with Crippen LogP contribution in [0, 0.1) is 0 Å². The number of aliphatic hydroxyl groups is 2. The fourth-order valence-electron chi connectivity index (χ4n) is 4.10. The van der Waals surface area contributed by atoms with Crippen molar-refractivity contribution < 1.29 is 19.8 Å². The van der Waals surface area contributed by atoms with Crippen LogP contribution < -0.4 is 5.73 Å². The molecule has 0 saturated carbocycles. The Morgan fingerprint density at radius 2 is 1.96 bits per heavy atom. The van der Waals surface area contributed by atoms with Crippen LogP contribution in [0.25, 0.3) is 5.57 Å². The molecule has 1 aromatic carbocycles. The molecular formula is C21H28N2O4. The van der Waals surface area contributed by atoms with E-state index in [0.29, 0.717) is 24.6 Å². The summed E-state index contributed by atoms with van der Waals surface area (Å²) in [4.78, 5) is 25.5. The van der Waals surface area contributed by atoms with Crippen molar-refractivity contribution in [2.24, 2.45) is 5.73 Å². The Hall–Kier alpha value is -2.18. The average molecular weight is 372 g/mol. The number of primary amides is 1. The summed E-state index contributed by atoms with van der Waals surface area (Å²) < 4.78 is 0. The lowest BCUT2D eigenvalue weighted by molar-refractivity contribution is -0.143. The van der Waals surface area contributed by atoms with E-state index < -0.39 is 24.5 Å². The van der Waals surface area contributed by atoms with Crippen LogP contribution in [0.2, 0.25) is 0 Å². The maximum atomic E-state index is 12.0. The standard InChI is InChI=1S/C21H28N2O4/c22-20(26)17-7-6-16(12-18(17)15-4-2-1-3-5-15)14-8-10-23(11-9-14)21(27)19(25)13-24/h4,6-7,12,14,19,24-25H,1-3,5,8-11,13H2,(H2,22,26)/t19-/m1/s1. The first-order valence-electron chi connectivity index (χ1n) is 9.72. The molecule has 1 aromatic rings. The lowest BCUT2D eigenvalue weighted by Gasteiger charge is -2.33. The second-order valence-corrected chi connectivity index (χ2v) is 7.44. The fraction of sp³-hybridized carbons (Fsp3) is 0.524. The number of carbonyl (C=O) groups excluding carboxylic acids is 2. The van der Waals surface area contributed by atoms with Crippen LogP contribution in [-0.4, -0.2) is 52.7 Å². The molecular weight excluding hydrogens is 344 g/mol. The Kier molecular flexibility index (Phi) is 6.29. The predicted molar refractivity (Wildman–Crippen MR) is 103 cm³/mol. The monoisotopic (exact) mass is 372 g/mol. The molecule has 146 valence electrons. The van der Waals surface area contributed by atoms with Crippen LogP contribution in [0.5, 0.6) is 0 Å².